The largest absolute Gasteiger partial charge is 0.457 e. The van der Waals surface area contributed by atoms with Crippen molar-refractivity contribution in [3.63, 3.8) is 0 Å². The highest BCUT2D eigenvalue weighted by atomic mass is 16.6. The predicted octanol–water partition coefficient (Wildman–Crippen LogP) is 2.80. The zero-order valence-electron chi connectivity index (χ0n) is 17.9. The molecule has 0 fully saturated rings. The van der Waals surface area contributed by atoms with Gasteiger partial charge in [-0.05, 0) is 65.4 Å². The minimum Gasteiger partial charge on any atom is -0.457 e. The minimum atomic E-state index is -1.33. The van der Waals surface area contributed by atoms with Gasteiger partial charge in [0, 0.05) is 6.92 Å². The van der Waals surface area contributed by atoms with E-state index in [0.29, 0.717) is 6.42 Å². The summed E-state index contributed by atoms with van der Waals surface area (Å²) in [5.74, 6) is -0.535. The summed E-state index contributed by atoms with van der Waals surface area (Å²) in [5, 5.41) is 38.5. The Morgan fingerprint density at radius 1 is 1.00 bits per heavy atom. The van der Waals surface area contributed by atoms with Crippen LogP contribution in [0.2, 0.25) is 0 Å². The van der Waals surface area contributed by atoms with Gasteiger partial charge < -0.3 is 25.2 Å². The van der Waals surface area contributed by atoms with Crippen LogP contribution in [0, 0.1) is 0 Å². The maximum atomic E-state index is 11.2. The van der Waals surface area contributed by atoms with E-state index >= 15 is 0 Å². The van der Waals surface area contributed by atoms with Crippen LogP contribution >= 0.6 is 0 Å². The molecule has 0 aliphatic carbocycles. The van der Waals surface area contributed by atoms with Crippen LogP contribution in [-0.4, -0.2) is 57.4 Å². The number of ether oxygens (including phenoxy) is 1. The highest BCUT2D eigenvalue weighted by Crippen LogP contribution is 2.22. The zero-order chi connectivity index (χ0) is 21.7. The summed E-state index contributed by atoms with van der Waals surface area (Å²) < 4.78 is 5.10. The maximum Gasteiger partial charge on any atom is 0.303 e. The van der Waals surface area contributed by atoms with Gasteiger partial charge in [0.15, 0.2) is 6.10 Å². The molecule has 0 saturated carbocycles. The van der Waals surface area contributed by atoms with Gasteiger partial charge in [-0.25, -0.2) is 0 Å². The van der Waals surface area contributed by atoms with Crippen LogP contribution in [-0.2, 0) is 9.53 Å². The molecule has 0 saturated heterocycles. The van der Waals surface area contributed by atoms with E-state index in [0.717, 1.165) is 36.8 Å². The lowest BCUT2D eigenvalue weighted by molar-refractivity contribution is -0.173. The molecule has 0 radical (unpaired) electrons. The SMILES string of the molecule is CC(=O)O[C@H]([C@H](O)CC(C)=CCCC(C)=CCCC(=CCO)CO)C(C)(C)O. The summed E-state index contributed by atoms with van der Waals surface area (Å²) in [7, 11) is 0. The van der Waals surface area contributed by atoms with Gasteiger partial charge in [0.05, 0.1) is 24.9 Å². The number of hydrogen-bond donors (Lipinski definition) is 4. The fourth-order valence-corrected chi connectivity index (χ4v) is 2.92. The summed E-state index contributed by atoms with van der Waals surface area (Å²) in [5.41, 5.74) is 1.71. The lowest BCUT2D eigenvalue weighted by Gasteiger charge is -2.32. The van der Waals surface area contributed by atoms with Gasteiger partial charge in [-0.2, -0.15) is 0 Å². The fourth-order valence-electron chi connectivity index (χ4n) is 2.92. The van der Waals surface area contributed by atoms with E-state index in [1.807, 2.05) is 13.0 Å². The van der Waals surface area contributed by atoms with Gasteiger partial charge in [-0.1, -0.05) is 29.4 Å². The molecule has 0 heterocycles. The molecule has 0 aromatic heterocycles. The monoisotopic (exact) mass is 398 g/mol. The number of esters is 1. The quantitative estimate of drug-likeness (QED) is 0.281. The van der Waals surface area contributed by atoms with Gasteiger partial charge in [0.25, 0.3) is 0 Å². The fraction of sp³-hybridized carbons (Fsp3) is 0.682. The topological polar surface area (TPSA) is 107 Å². The Morgan fingerprint density at radius 3 is 2.07 bits per heavy atom. The lowest BCUT2D eigenvalue weighted by Crippen LogP contribution is -2.47. The molecule has 0 spiro atoms. The van der Waals surface area contributed by atoms with Crippen molar-refractivity contribution in [1.82, 2.24) is 0 Å². The number of hydrogen-bond acceptors (Lipinski definition) is 6. The average molecular weight is 399 g/mol. The normalized spacial score (nSPS) is 16.1. The van der Waals surface area contributed by atoms with Crippen molar-refractivity contribution in [2.45, 2.75) is 84.5 Å². The van der Waals surface area contributed by atoms with Crippen molar-refractivity contribution in [3.8, 4) is 0 Å². The molecule has 2 atom stereocenters. The van der Waals surface area contributed by atoms with Crippen LogP contribution in [0.15, 0.2) is 34.9 Å². The van der Waals surface area contributed by atoms with Crippen molar-refractivity contribution in [3.05, 3.63) is 34.9 Å². The van der Waals surface area contributed by atoms with Gasteiger partial charge in [0.2, 0.25) is 0 Å². The number of aliphatic hydroxyl groups excluding tert-OH is 3. The third-order valence-corrected chi connectivity index (χ3v) is 4.44. The third kappa shape index (κ3) is 12.1. The van der Waals surface area contributed by atoms with Crippen molar-refractivity contribution >= 4 is 5.97 Å². The molecule has 0 amide bonds. The van der Waals surface area contributed by atoms with Gasteiger partial charge in [-0.3, -0.25) is 4.79 Å². The van der Waals surface area contributed by atoms with Gasteiger partial charge in [0.1, 0.15) is 0 Å². The predicted molar refractivity (Wildman–Crippen MR) is 111 cm³/mol. The molecule has 4 N–H and O–H groups in total. The van der Waals surface area contributed by atoms with E-state index < -0.39 is 23.8 Å². The smallest absolute Gasteiger partial charge is 0.303 e. The number of carbonyl (C=O) groups is 1. The Hall–Kier alpha value is -1.47. The Bertz CT molecular complexity index is 554. The summed E-state index contributed by atoms with van der Waals surface area (Å²) in [6.45, 7) is 8.15. The molecule has 28 heavy (non-hydrogen) atoms. The Kier molecular flexibility index (Phi) is 12.9. The molecular formula is C22H38O6. The third-order valence-electron chi connectivity index (χ3n) is 4.44. The van der Waals surface area contributed by atoms with E-state index in [-0.39, 0.29) is 13.2 Å². The molecule has 0 aromatic carbocycles. The van der Waals surface area contributed by atoms with Crippen LogP contribution in [0.1, 0.15) is 66.7 Å². The van der Waals surface area contributed by atoms with Crippen LogP contribution < -0.4 is 0 Å². The van der Waals surface area contributed by atoms with Crippen molar-refractivity contribution in [2.75, 3.05) is 13.2 Å². The second kappa shape index (κ2) is 13.7. The Labute approximate surface area is 169 Å². The highest BCUT2D eigenvalue weighted by Gasteiger charge is 2.36. The van der Waals surface area contributed by atoms with E-state index in [2.05, 4.69) is 13.0 Å². The van der Waals surface area contributed by atoms with Crippen molar-refractivity contribution < 1.29 is 30.0 Å². The lowest BCUT2D eigenvalue weighted by atomic mass is 9.92. The molecule has 162 valence electrons. The first-order valence-corrected chi connectivity index (χ1v) is 9.79. The summed E-state index contributed by atoms with van der Waals surface area (Å²) in [4.78, 5) is 11.2. The van der Waals surface area contributed by atoms with Crippen molar-refractivity contribution in [2.24, 2.45) is 0 Å². The minimum absolute atomic E-state index is 0.0311. The van der Waals surface area contributed by atoms with Gasteiger partial charge >= 0.3 is 5.97 Å². The molecule has 6 nitrogen and oxygen atoms in total. The van der Waals surface area contributed by atoms with E-state index in [4.69, 9.17) is 14.9 Å². The molecule has 0 bridgehead atoms. The summed E-state index contributed by atoms with van der Waals surface area (Å²) in [6.07, 6.45) is 7.40. The van der Waals surface area contributed by atoms with Crippen LogP contribution in [0.5, 0.6) is 0 Å². The number of allylic oxidation sites excluding steroid dienone is 3. The van der Waals surface area contributed by atoms with Gasteiger partial charge in [-0.15, -0.1) is 0 Å². The molecule has 6 heteroatoms. The van der Waals surface area contributed by atoms with E-state index in [1.54, 1.807) is 6.08 Å². The maximum absolute atomic E-state index is 11.2. The number of carbonyl (C=O) groups excluding carboxylic acids is 1. The first kappa shape index (κ1) is 26.5. The zero-order valence-corrected chi connectivity index (χ0v) is 17.9. The molecule has 0 aliphatic rings. The van der Waals surface area contributed by atoms with Crippen molar-refractivity contribution in [1.29, 1.82) is 0 Å². The summed E-state index contributed by atoms with van der Waals surface area (Å²) >= 11 is 0. The molecule has 0 aliphatic heterocycles. The second-order valence-electron chi connectivity index (χ2n) is 7.84. The average Bonchev–Trinajstić information content (AvgIpc) is 2.57. The molecular weight excluding hydrogens is 360 g/mol. The number of rotatable bonds is 13. The second-order valence-corrected chi connectivity index (χ2v) is 7.84. The van der Waals surface area contributed by atoms with E-state index in [9.17, 15) is 15.0 Å². The Balaban J connectivity index is 4.55. The summed E-state index contributed by atoms with van der Waals surface area (Å²) in [6, 6.07) is 0. The Morgan fingerprint density at radius 2 is 1.57 bits per heavy atom. The van der Waals surface area contributed by atoms with Crippen LogP contribution in [0.3, 0.4) is 0 Å². The highest BCUT2D eigenvalue weighted by molar-refractivity contribution is 5.66. The first-order chi connectivity index (χ1) is 13.0. The van der Waals surface area contributed by atoms with E-state index in [1.165, 1.54) is 26.3 Å². The number of aliphatic hydroxyl groups is 4. The first-order valence-electron chi connectivity index (χ1n) is 9.79. The van der Waals surface area contributed by atoms with Crippen LogP contribution in [0.4, 0.5) is 0 Å². The standard InChI is InChI=1S/C22H38O6/c1-16(9-7-11-19(15-24)12-13-23)8-6-10-17(2)14-20(26)21(22(4,5)27)28-18(3)25/h9-10,12,20-21,23-24,26-27H,6-8,11,13-15H2,1-5H3/t20-,21-/m1/s1. The molecule has 0 unspecified atom stereocenters. The molecule has 0 aromatic rings. The molecule has 0 rings (SSSR count). The van der Waals surface area contributed by atoms with Crippen LogP contribution in [0.25, 0.3) is 0 Å².